The molecule has 102 valence electrons. The molecule has 0 spiro atoms. The summed E-state index contributed by atoms with van der Waals surface area (Å²) in [5, 5.41) is 3.60. The predicted octanol–water partition coefficient (Wildman–Crippen LogP) is 2.12. The monoisotopic (exact) mass is 242 g/mol. The second kappa shape index (κ2) is 8.06. The number of nitrogens with zero attached hydrogens (tertiary/aromatic N) is 1. The average molecular weight is 242 g/mol. The van der Waals surface area contributed by atoms with Crippen LogP contribution in [-0.4, -0.2) is 50.3 Å². The van der Waals surface area contributed by atoms with E-state index in [1.165, 1.54) is 38.9 Å². The summed E-state index contributed by atoms with van der Waals surface area (Å²) >= 11 is 0. The van der Waals surface area contributed by atoms with E-state index in [0.717, 1.165) is 6.61 Å². The molecule has 0 amide bonds. The van der Waals surface area contributed by atoms with Gasteiger partial charge in [0.1, 0.15) is 0 Å². The lowest BCUT2D eigenvalue weighted by Gasteiger charge is -2.35. The Morgan fingerprint density at radius 3 is 2.65 bits per heavy atom. The van der Waals surface area contributed by atoms with Crippen LogP contribution in [0.2, 0.25) is 0 Å². The molecule has 2 atom stereocenters. The Morgan fingerprint density at radius 2 is 2.18 bits per heavy atom. The van der Waals surface area contributed by atoms with Gasteiger partial charge in [-0.1, -0.05) is 20.8 Å². The van der Waals surface area contributed by atoms with E-state index in [0.29, 0.717) is 18.0 Å². The molecule has 3 heteroatoms. The van der Waals surface area contributed by atoms with Gasteiger partial charge < -0.3 is 10.1 Å². The van der Waals surface area contributed by atoms with Gasteiger partial charge in [0.15, 0.2) is 0 Å². The summed E-state index contributed by atoms with van der Waals surface area (Å²) < 4.78 is 5.39. The summed E-state index contributed by atoms with van der Waals surface area (Å²) in [6, 6.07) is 1.25. The van der Waals surface area contributed by atoms with Crippen molar-refractivity contribution in [1.82, 2.24) is 10.2 Å². The first-order chi connectivity index (χ1) is 8.19. The van der Waals surface area contributed by atoms with Crippen molar-refractivity contribution in [2.24, 2.45) is 5.92 Å². The minimum atomic E-state index is 0.558. The van der Waals surface area contributed by atoms with Crippen molar-refractivity contribution in [2.45, 2.75) is 52.1 Å². The Hall–Kier alpha value is -0.120. The van der Waals surface area contributed by atoms with Crippen LogP contribution in [0.15, 0.2) is 0 Å². The molecular weight excluding hydrogens is 212 g/mol. The fourth-order valence-electron chi connectivity index (χ4n) is 2.77. The van der Waals surface area contributed by atoms with Gasteiger partial charge >= 0.3 is 0 Å². The van der Waals surface area contributed by atoms with Crippen LogP contribution in [0.1, 0.15) is 40.0 Å². The molecule has 17 heavy (non-hydrogen) atoms. The quantitative estimate of drug-likeness (QED) is 0.705. The highest BCUT2D eigenvalue weighted by molar-refractivity contribution is 4.82. The molecule has 1 aliphatic heterocycles. The third-order valence-electron chi connectivity index (χ3n) is 3.70. The Balaban J connectivity index is 2.53. The van der Waals surface area contributed by atoms with E-state index in [4.69, 9.17) is 4.74 Å². The molecule has 1 saturated heterocycles. The molecule has 0 aliphatic carbocycles. The van der Waals surface area contributed by atoms with Crippen molar-refractivity contribution in [3.05, 3.63) is 0 Å². The Kier molecular flexibility index (Phi) is 7.09. The van der Waals surface area contributed by atoms with Crippen LogP contribution < -0.4 is 5.32 Å². The topological polar surface area (TPSA) is 24.5 Å². The van der Waals surface area contributed by atoms with E-state index in [2.05, 4.69) is 31.0 Å². The molecule has 1 rings (SSSR count). The number of hydrogen-bond donors (Lipinski definition) is 1. The molecule has 1 heterocycles. The normalized spacial score (nSPS) is 22.6. The van der Waals surface area contributed by atoms with Crippen LogP contribution in [0.4, 0.5) is 0 Å². The van der Waals surface area contributed by atoms with Crippen molar-refractivity contribution in [2.75, 3.05) is 33.4 Å². The Morgan fingerprint density at radius 1 is 1.41 bits per heavy atom. The summed E-state index contributed by atoms with van der Waals surface area (Å²) in [5.41, 5.74) is 0. The van der Waals surface area contributed by atoms with Gasteiger partial charge in [0.2, 0.25) is 0 Å². The summed E-state index contributed by atoms with van der Waals surface area (Å²) in [6.45, 7) is 11.3. The van der Waals surface area contributed by atoms with Crippen molar-refractivity contribution < 1.29 is 4.74 Å². The van der Waals surface area contributed by atoms with E-state index in [-0.39, 0.29) is 0 Å². The molecular formula is C14H30N2O. The zero-order chi connectivity index (χ0) is 12.7. The van der Waals surface area contributed by atoms with E-state index in [1.807, 2.05) is 7.11 Å². The second-order valence-corrected chi connectivity index (χ2v) is 5.55. The Bertz CT molecular complexity index is 191. The van der Waals surface area contributed by atoms with Gasteiger partial charge in [0.25, 0.3) is 0 Å². The van der Waals surface area contributed by atoms with E-state index in [1.54, 1.807) is 0 Å². The molecule has 0 saturated carbocycles. The van der Waals surface area contributed by atoms with Gasteiger partial charge in [-0.25, -0.2) is 0 Å². The van der Waals surface area contributed by atoms with E-state index in [9.17, 15) is 0 Å². The fourth-order valence-corrected chi connectivity index (χ4v) is 2.77. The minimum absolute atomic E-state index is 0.558. The molecule has 3 nitrogen and oxygen atoms in total. The van der Waals surface area contributed by atoms with Gasteiger partial charge in [-0.05, 0) is 38.3 Å². The molecule has 0 bridgehead atoms. The molecule has 0 aromatic carbocycles. The van der Waals surface area contributed by atoms with Gasteiger partial charge in [0, 0.05) is 25.7 Å². The maximum absolute atomic E-state index is 5.39. The van der Waals surface area contributed by atoms with Crippen LogP contribution in [0, 0.1) is 5.92 Å². The van der Waals surface area contributed by atoms with Crippen LogP contribution in [0.5, 0.6) is 0 Å². The summed E-state index contributed by atoms with van der Waals surface area (Å²) in [5.74, 6) is 0.655. The summed E-state index contributed by atoms with van der Waals surface area (Å²) in [7, 11) is 1.81. The van der Waals surface area contributed by atoms with Crippen LogP contribution in [0.25, 0.3) is 0 Å². The van der Waals surface area contributed by atoms with Gasteiger partial charge in [-0.2, -0.15) is 0 Å². The average Bonchev–Trinajstić information content (AvgIpc) is 2.78. The highest BCUT2D eigenvalue weighted by atomic mass is 16.5. The number of hydrogen-bond acceptors (Lipinski definition) is 3. The van der Waals surface area contributed by atoms with Gasteiger partial charge in [-0.15, -0.1) is 0 Å². The third-order valence-corrected chi connectivity index (χ3v) is 3.70. The zero-order valence-corrected chi connectivity index (χ0v) is 12.0. The molecule has 1 aliphatic rings. The lowest BCUT2D eigenvalue weighted by Crippen LogP contribution is -2.48. The van der Waals surface area contributed by atoms with Crippen molar-refractivity contribution >= 4 is 0 Å². The van der Waals surface area contributed by atoms with Crippen LogP contribution in [0.3, 0.4) is 0 Å². The van der Waals surface area contributed by atoms with E-state index < -0.39 is 0 Å². The van der Waals surface area contributed by atoms with Gasteiger partial charge in [0.05, 0.1) is 6.61 Å². The number of nitrogens with one attached hydrogen (secondary N) is 1. The highest BCUT2D eigenvalue weighted by Crippen LogP contribution is 2.15. The standard InChI is InChI=1S/C14H30N2O/c1-5-9-16(10-13-7-6-8-15-13)14(11-17-4)12(2)3/h12-15H,5-11H2,1-4H3. The van der Waals surface area contributed by atoms with Crippen molar-refractivity contribution in [1.29, 1.82) is 0 Å². The first-order valence-corrected chi connectivity index (χ1v) is 7.15. The van der Waals surface area contributed by atoms with Gasteiger partial charge in [-0.3, -0.25) is 4.90 Å². The molecule has 1 N–H and O–H groups in total. The molecule has 0 aromatic heterocycles. The lowest BCUT2D eigenvalue weighted by atomic mass is 10.0. The molecule has 2 unspecified atom stereocenters. The molecule has 0 aromatic rings. The largest absolute Gasteiger partial charge is 0.383 e. The predicted molar refractivity (Wildman–Crippen MR) is 73.4 cm³/mol. The molecule has 1 fully saturated rings. The Labute approximate surface area is 107 Å². The zero-order valence-electron chi connectivity index (χ0n) is 12.0. The van der Waals surface area contributed by atoms with E-state index >= 15 is 0 Å². The first-order valence-electron chi connectivity index (χ1n) is 7.15. The van der Waals surface area contributed by atoms with Crippen LogP contribution >= 0.6 is 0 Å². The third kappa shape index (κ3) is 4.94. The smallest absolute Gasteiger partial charge is 0.0620 e. The number of rotatable bonds is 8. The van der Waals surface area contributed by atoms with Crippen molar-refractivity contribution in [3.63, 3.8) is 0 Å². The lowest BCUT2D eigenvalue weighted by molar-refractivity contribution is 0.0590. The van der Waals surface area contributed by atoms with Crippen LogP contribution in [-0.2, 0) is 4.74 Å². The number of methoxy groups -OCH3 is 1. The second-order valence-electron chi connectivity index (χ2n) is 5.55. The molecule has 0 radical (unpaired) electrons. The summed E-state index contributed by atoms with van der Waals surface area (Å²) in [6.07, 6.45) is 3.89. The number of ether oxygens (including phenoxy) is 1. The fraction of sp³-hybridized carbons (Fsp3) is 1.00. The SMILES string of the molecule is CCCN(CC1CCCN1)C(COC)C(C)C. The first kappa shape index (κ1) is 14.9. The maximum Gasteiger partial charge on any atom is 0.0620 e. The summed E-state index contributed by atoms with van der Waals surface area (Å²) in [4.78, 5) is 2.62. The van der Waals surface area contributed by atoms with Crippen molar-refractivity contribution in [3.8, 4) is 0 Å². The highest BCUT2D eigenvalue weighted by Gasteiger charge is 2.25. The minimum Gasteiger partial charge on any atom is -0.383 e. The maximum atomic E-state index is 5.39.